The number of carbonyl (C=O) groups is 1. The highest BCUT2D eigenvalue weighted by Crippen LogP contribution is 2.26. The molecule has 126 valence electrons. The first-order valence-corrected chi connectivity index (χ1v) is 7.75. The summed E-state index contributed by atoms with van der Waals surface area (Å²) in [4.78, 5) is 16.8. The van der Waals surface area contributed by atoms with Crippen LogP contribution in [0.1, 0.15) is 16.7 Å². The van der Waals surface area contributed by atoms with Crippen LogP contribution in [0.25, 0.3) is 0 Å². The zero-order chi connectivity index (χ0) is 17.5. The van der Waals surface area contributed by atoms with Crippen LogP contribution < -0.4 is 10.1 Å². The van der Waals surface area contributed by atoms with Gasteiger partial charge in [-0.3, -0.25) is 4.79 Å². The molecule has 0 aliphatic carbocycles. The first-order valence-electron chi connectivity index (χ1n) is 7.37. The molecule has 0 radical (unpaired) electrons. The van der Waals surface area contributed by atoms with Crippen LogP contribution in [0.4, 0.5) is 0 Å². The fourth-order valence-corrected chi connectivity index (χ4v) is 2.47. The average Bonchev–Trinajstić information content (AvgIpc) is 2.59. The summed E-state index contributed by atoms with van der Waals surface area (Å²) in [6, 6.07) is 12.9. The Morgan fingerprint density at radius 2 is 2.00 bits per heavy atom. The number of halogens is 1. The molecule has 5 nitrogen and oxygen atoms in total. The maximum atomic E-state index is 12.0. The summed E-state index contributed by atoms with van der Waals surface area (Å²) in [5, 5.41) is 6.93. The third-order valence-corrected chi connectivity index (χ3v) is 3.66. The Kier molecular flexibility index (Phi) is 6.21. The standard InChI is InChI=1S/C18H19ClN2O3/c1-12-8-9-16(15(19)10-12)24-11-13-6-4-5-7-14(13)17(21-23-3)18(22)20-2/h4-10H,11H2,1-3H3,(H,20,22). The smallest absolute Gasteiger partial charge is 0.273 e. The maximum Gasteiger partial charge on any atom is 0.273 e. The second kappa shape index (κ2) is 8.36. The summed E-state index contributed by atoms with van der Waals surface area (Å²) < 4.78 is 5.80. The number of amides is 1. The molecule has 0 fully saturated rings. The predicted octanol–water partition coefficient (Wildman–Crippen LogP) is 3.32. The molecule has 6 heteroatoms. The molecule has 0 saturated carbocycles. The van der Waals surface area contributed by atoms with Gasteiger partial charge in [-0.15, -0.1) is 0 Å². The number of nitrogens with zero attached hydrogens (tertiary/aromatic N) is 1. The fraction of sp³-hybridized carbons (Fsp3) is 0.222. The third kappa shape index (κ3) is 4.26. The Labute approximate surface area is 146 Å². The lowest BCUT2D eigenvalue weighted by atomic mass is 10.0. The van der Waals surface area contributed by atoms with Crippen molar-refractivity contribution in [1.82, 2.24) is 5.32 Å². The van der Waals surface area contributed by atoms with Crippen LogP contribution in [0.15, 0.2) is 47.6 Å². The highest BCUT2D eigenvalue weighted by atomic mass is 35.5. The number of hydrogen-bond donors (Lipinski definition) is 1. The van der Waals surface area contributed by atoms with E-state index in [1.807, 2.05) is 43.3 Å². The van der Waals surface area contributed by atoms with Gasteiger partial charge in [0, 0.05) is 12.6 Å². The first-order chi connectivity index (χ1) is 11.6. The Morgan fingerprint density at radius 1 is 1.25 bits per heavy atom. The predicted molar refractivity (Wildman–Crippen MR) is 94.6 cm³/mol. The minimum Gasteiger partial charge on any atom is -0.487 e. The molecule has 0 unspecified atom stereocenters. The summed E-state index contributed by atoms with van der Waals surface area (Å²) in [6.07, 6.45) is 0. The second-order valence-corrected chi connectivity index (χ2v) is 5.49. The summed E-state index contributed by atoms with van der Waals surface area (Å²) in [7, 11) is 2.94. The van der Waals surface area contributed by atoms with Gasteiger partial charge in [-0.25, -0.2) is 0 Å². The highest BCUT2D eigenvalue weighted by Gasteiger charge is 2.17. The Bertz CT molecular complexity index is 760. The van der Waals surface area contributed by atoms with Crippen molar-refractivity contribution in [3.05, 3.63) is 64.2 Å². The number of oxime groups is 1. The number of likely N-dealkylation sites (N-methyl/N-ethyl adjacent to an activating group) is 1. The summed E-state index contributed by atoms with van der Waals surface area (Å²) in [5.41, 5.74) is 2.69. The lowest BCUT2D eigenvalue weighted by Crippen LogP contribution is -2.29. The van der Waals surface area contributed by atoms with Crippen molar-refractivity contribution in [3.63, 3.8) is 0 Å². The zero-order valence-electron chi connectivity index (χ0n) is 13.8. The van der Waals surface area contributed by atoms with Crippen molar-refractivity contribution in [2.45, 2.75) is 13.5 Å². The van der Waals surface area contributed by atoms with Gasteiger partial charge in [0.25, 0.3) is 5.91 Å². The van der Waals surface area contributed by atoms with Gasteiger partial charge in [0.05, 0.1) is 5.02 Å². The van der Waals surface area contributed by atoms with Crippen LogP contribution in [-0.4, -0.2) is 25.8 Å². The molecule has 0 heterocycles. The molecule has 0 aliphatic rings. The Balaban J connectivity index is 2.28. The minimum atomic E-state index is -0.335. The van der Waals surface area contributed by atoms with E-state index in [-0.39, 0.29) is 18.2 Å². The molecule has 2 aromatic carbocycles. The molecule has 0 spiro atoms. The molecule has 2 rings (SSSR count). The van der Waals surface area contributed by atoms with Crippen molar-refractivity contribution in [3.8, 4) is 5.75 Å². The van der Waals surface area contributed by atoms with Gasteiger partial charge in [-0.1, -0.05) is 47.1 Å². The topological polar surface area (TPSA) is 59.9 Å². The second-order valence-electron chi connectivity index (χ2n) is 5.08. The number of aryl methyl sites for hydroxylation is 1. The van der Waals surface area contributed by atoms with E-state index in [4.69, 9.17) is 21.2 Å². The molecule has 24 heavy (non-hydrogen) atoms. The largest absolute Gasteiger partial charge is 0.487 e. The average molecular weight is 347 g/mol. The van der Waals surface area contributed by atoms with E-state index in [1.165, 1.54) is 7.11 Å². The lowest BCUT2D eigenvalue weighted by Gasteiger charge is -2.13. The van der Waals surface area contributed by atoms with Crippen LogP contribution in [0, 0.1) is 6.92 Å². The summed E-state index contributed by atoms with van der Waals surface area (Å²) >= 11 is 6.19. The van der Waals surface area contributed by atoms with E-state index in [1.54, 1.807) is 13.1 Å². The summed E-state index contributed by atoms with van der Waals surface area (Å²) in [5.74, 6) is 0.250. The Morgan fingerprint density at radius 3 is 2.67 bits per heavy atom. The van der Waals surface area contributed by atoms with Gasteiger partial charge in [-0.2, -0.15) is 0 Å². The Hall–Kier alpha value is -2.53. The highest BCUT2D eigenvalue weighted by molar-refractivity contribution is 6.45. The number of carbonyl (C=O) groups excluding carboxylic acids is 1. The lowest BCUT2D eigenvalue weighted by molar-refractivity contribution is -0.114. The van der Waals surface area contributed by atoms with Crippen molar-refractivity contribution in [2.75, 3.05) is 14.2 Å². The molecule has 1 amide bonds. The van der Waals surface area contributed by atoms with Gasteiger partial charge >= 0.3 is 0 Å². The van der Waals surface area contributed by atoms with E-state index in [9.17, 15) is 4.79 Å². The molecule has 0 bridgehead atoms. The molecular formula is C18H19ClN2O3. The van der Waals surface area contributed by atoms with Gasteiger partial charge in [-0.05, 0) is 30.2 Å². The fourth-order valence-electron chi connectivity index (χ4n) is 2.18. The quantitative estimate of drug-likeness (QED) is 0.644. The van der Waals surface area contributed by atoms with E-state index in [0.29, 0.717) is 16.3 Å². The molecular weight excluding hydrogens is 328 g/mol. The van der Waals surface area contributed by atoms with E-state index in [0.717, 1.165) is 11.1 Å². The number of benzene rings is 2. The molecule has 0 aromatic heterocycles. The molecule has 0 saturated heterocycles. The number of ether oxygens (including phenoxy) is 1. The third-order valence-electron chi connectivity index (χ3n) is 3.37. The molecule has 1 N–H and O–H groups in total. The number of rotatable bonds is 6. The van der Waals surface area contributed by atoms with Crippen LogP contribution in [-0.2, 0) is 16.2 Å². The maximum absolute atomic E-state index is 12.0. The SMILES string of the molecule is CNC(=O)C(=NOC)c1ccccc1COc1ccc(C)cc1Cl. The van der Waals surface area contributed by atoms with Crippen LogP contribution in [0.5, 0.6) is 5.75 Å². The van der Waals surface area contributed by atoms with Gasteiger partial charge < -0.3 is 14.9 Å². The van der Waals surface area contributed by atoms with Crippen molar-refractivity contribution in [2.24, 2.45) is 5.16 Å². The van der Waals surface area contributed by atoms with Gasteiger partial charge in [0.1, 0.15) is 19.5 Å². The molecule has 0 aliphatic heterocycles. The summed E-state index contributed by atoms with van der Waals surface area (Å²) in [6.45, 7) is 2.21. The van der Waals surface area contributed by atoms with E-state index >= 15 is 0 Å². The minimum absolute atomic E-state index is 0.189. The zero-order valence-corrected chi connectivity index (χ0v) is 14.6. The van der Waals surface area contributed by atoms with Crippen LogP contribution >= 0.6 is 11.6 Å². The van der Waals surface area contributed by atoms with Crippen molar-refractivity contribution in [1.29, 1.82) is 0 Å². The normalized spacial score (nSPS) is 11.1. The van der Waals surface area contributed by atoms with Gasteiger partial charge in [0.2, 0.25) is 0 Å². The van der Waals surface area contributed by atoms with Crippen LogP contribution in [0.3, 0.4) is 0 Å². The number of nitrogens with one attached hydrogen (secondary N) is 1. The van der Waals surface area contributed by atoms with Crippen molar-refractivity contribution >= 4 is 23.2 Å². The molecule has 2 aromatic rings. The van der Waals surface area contributed by atoms with Gasteiger partial charge in [0.15, 0.2) is 5.71 Å². The first kappa shape index (κ1) is 17.8. The molecule has 0 atom stereocenters. The monoisotopic (exact) mass is 346 g/mol. The van der Waals surface area contributed by atoms with E-state index in [2.05, 4.69) is 10.5 Å². The van der Waals surface area contributed by atoms with E-state index < -0.39 is 0 Å². The van der Waals surface area contributed by atoms with Crippen molar-refractivity contribution < 1.29 is 14.4 Å². The van der Waals surface area contributed by atoms with Crippen LogP contribution in [0.2, 0.25) is 5.02 Å². The number of hydrogen-bond acceptors (Lipinski definition) is 4.